The first-order valence-electron chi connectivity index (χ1n) is 13.6. The van der Waals surface area contributed by atoms with Crippen molar-refractivity contribution < 1.29 is 4.42 Å². The molecule has 192 valence electrons. The smallest absolute Gasteiger partial charge is 0.135 e. The van der Waals surface area contributed by atoms with Gasteiger partial charge in [0.1, 0.15) is 11.3 Å². The number of hydrogen-bond donors (Lipinski definition) is 0. The van der Waals surface area contributed by atoms with Crippen LogP contribution in [0.1, 0.15) is 57.1 Å². The molecule has 0 aliphatic heterocycles. The molecule has 0 fully saturated rings. The Morgan fingerprint density at radius 2 is 1.68 bits per heavy atom. The van der Waals surface area contributed by atoms with Crippen LogP contribution in [-0.4, -0.2) is 4.98 Å². The van der Waals surface area contributed by atoms with Gasteiger partial charge in [-0.25, -0.2) is 0 Å². The van der Waals surface area contributed by atoms with Crippen molar-refractivity contribution in [1.82, 2.24) is 4.98 Å². The summed E-state index contributed by atoms with van der Waals surface area (Å²) in [7, 11) is 0. The van der Waals surface area contributed by atoms with Crippen molar-refractivity contribution >= 4 is 43.2 Å². The van der Waals surface area contributed by atoms with Crippen molar-refractivity contribution in [2.24, 2.45) is 5.92 Å². The highest BCUT2D eigenvalue weighted by molar-refractivity contribution is 7.23. The highest BCUT2D eigenvalue weighted by Gasteiger charge is 2.22. The standard InChI is InChI=1S/C35H35NOS/c1-20(2)17-30-22(4)31-27(13-10-14-29(31)37-30)33-21(3)25-15-16-36-32(34(25)38-33)24-18-23-11-8-9-12-26(23)28(19-24)35(5,6)7/h8-16,18-20H,17H2,1-7H3. The number of rotatable bonds is 4. The molecule has 0 bridgehead atoms. The van der Waals surface area contributed by atoms with Gasteiger partial charge in [-0.05, 0) is 82.3 Å². The maximum atomic E-state index is 6.36. The molecule has 3 heteroatoms. The molecule has 3 aromatic carbocycles. The third-order valence-electron chi connectivity index (χ3n) is 7.69. The third-order valence-corrected chi connectivity index (χ3v) is 9.04. The molecule has 0 unspecified atom stereocenters. The summed E-state index contributed by atoms with van der Waals surface area (Å²) in [4.78, 5) is 6.27. The zero-order valence-electron chi connectivity index (χ0n) is 23.4. The normalized spacial score (nSPS) is 12.4. The highest BCUT2D eigenvalue weighted by Crippen LogP contribution is 2.46. The van der Waals surface area contributed by atoms with Crippen molar-refractivity contribution in [3.05, 3.63) is 89.3 Å². The molecule has 0 radical (unpaired) electrons. The molecule has 0 spiro atoms. The number of nitrogens with zero attached hydrogens (tertiary/aromatic N) is 1. The van der Waals surface area contributed by atoms with E-state index in [9.17, 15) is 0 Å². The number of pyridine rings is 1. The minimum atomic E-state index is 0.0299. The molecule has 0 N–H and O–H groups in total. The van der Waals surface area contributed by atoms with Crippen LogP contribution >= 0.6 is 11.3 Å². The van der Waals surface area contributed by atoms with Gasteiger partial charge in [0.15, 0.2) is 0 Å². The van der Waals surface area contributed by atoms with Gasteiger partial charge in [0.25, 0.3) is 0 Å². The van der Waals surface area contributed by atoms with Gasteiger partial charge in [-0.3, -0.25) is 4.98 Å². The van der Waals surface area contributed by atoms with Crippen molar-refractivity contribution in [3.8, 4) is 21.7 Å². The summed E-state index contributed by atoms with van der Waals surface area (Å²) < 4.78 is 7.60. The van der Waals surface area contributed by atoms with Gasteiger partial charge in [0, 0.05) is 34.0 Å². The molecular formula is C35H35NOS. The fourth-order valence-corrected chi connectivity index (χ4v) is 7.13. The molecule has 3 aromatic heterocycles. The number of aryl methyl sites for hydroxylation is 2. The number of furan rings is 1. The summed E-state index contributed by atoms with van der Waals surface area (Å²) >= 11 is 1.86. The Hall–Kier alpha value is -3.43. The fourth-order valence-electron chi connectivity index (χ4n) is 5.78. The molecule has 2 nitrogen and oxygen atoms in total. The van der Waals surface area contributed by atoms with E-state index in [0.29, 0.717) is 5.92 Å². The van der Waals surface area contributed by atoms with E-state index in [1.165, 1.54) is 58.9 Å². The van der Waals surface area contributed by atoms with Crippen molar-refractivity contribution in [1.29, 1.82) is 0 Å². The number of thiophene rings is 1. The summed E-state index contributed by atoms with van der Waals surface area (Å²) in [5, 5.41) is 5.10. The lowest BCUT2D eigenvalue weighted by molar-refractivity contribution is 0.496. The third kappa shape index (κ3) is 4.05. The predicted molar refractivity (Wildman–Crippen MR) is 164 cm³/mol. The van der Waals surface area contributed by atoms with Crippen LogP contribution < -0.4 is 0 Å². The molecule has 6 aromatic rings. The fraction of sp³-hybridized carbons (Fsp3) is 0.286. The largest absolute Gasteiger partial charge is 0.461 e. The quantitative estimate of drug-likeness (QED) is 0.232. The van der Waals surface area contributed by atoms with Crippen molar-refractivity contribution in [2.45, 2.75) is 60.3 Å². The summed E-state index contributed by atoms with van der Waals surface area (Å²) in [5.74, 6) is 1.66. The second kappa shape index (κ2) is 9.10. The maximum absolute atomic E-state index is 6.36. The molecule has 0 atom stereocenters. The van der Waals surface area contributed by atoms with E-state index in [1.807, 2.05) is 17.5 Å². The molecule has 38 heavy (non-hydrogen) atoms. The van der Waals surface area contributed by atoms with Gasteiger partial charge < -0.3 is 4.42 Å². The number of fused-ring (bicyclic) bond motifs is 3. The summed E-state index contributed by atoms with van der Waals surface area (Å²) in [6.45, 7) is 15.8. The minimum absolute atomic E-state index is 0.0299. The first-order valence-corrected chi connectivity index (χ1v) is 14.4. The molecule has 6 rings (SSSR count). The lowest BCUT2D eigenvalue weighted by Gasteiger charge is -2.22. The van der Waals surface area contributed by atoms with Crippen LogP contribution in [0.4, 0.5) is 0 Å². The molecule has 0 aliphatic rings. The first-order chi connectivity index (χ1) is 18.1. The van der Waals surface area contributed by atoms with Gasteiger partial charge in [-0.2, -0.15) is 0 Å². The summed E-state index contributed by atoms with van der Waals surface area (Å²) in [6.07, 6.45) is 2.93. The van der Waals surface area contributed by atoms with Crippen molar-refractivity contribution in [2.75, 3.05) is 0 Å². The van der Waals surface area contributed by atoms with Crippen LogP contribution in [0, 0.1) is 19.8 Å². The van der Waals surface area contributed by atoms with Crippen molar-refractivity contribution in [3.63, 3.8) is 0 Å². The Balaban J connectivity index is 1.59. The van der Waals surface area contributed by atoms with Gasteiger partial charge >= 0.3 is 0 Å². The Kier molecular flexibility index (Phi) is 5.96. The first kappa shape index (κ1) is 24.9. The van der Waals surface area contributed by atoms with E-state index in [0.717, 1.165) is 23.5 Å². The lowest BCUT2D eigenvalue weighted by Crippen LogP contribution is -2.12. The van der Waals surface area contributed by atoms with Crippen LogP contribution in [0.5, 0.6) is 0 Å². The average Bonchev–Trinajstić information content (AvgIpc) is 3.38. The average molecular weight is 518 g/mol. The van der Waals surface area contributed by atoms with E-state index in [1.54, 1.807) is 0 Å². The SMILES string of the molecule is Cc1c(-c2cccc3oc(CC(C)C)c(C)c23)sc2c(-c3cc(C(C)(C)C)c4ccccc4c3)nccc12. The molecule has 0 saturated heterocycles. The zero-order chi connectivity index (χ0) is 26.8. The molecule has 0 saturated carbocycles. The zero-order valence-corrected chi connectivity index (χ0v) is 24.2. The van der Waals surface area contributed by atoms with Gasteiger partial charge in [-0.1, -0.05) is 71.0 Å². The molecule has 0 amide bonds. The second-order valence-electron chi connectivity index (χ2n) is 12.0. The number of benzene rings is 3. The Labute approximate surface area is 229 Å². The van der Waals surface area contributed by atoms with Crippen LogP contribution in [-0.2, 0) is 11.8 Å². The highest BCUT2D eigenvalue weighted by atomic mass is 32.1. The minimum Gasteiger partial charge on any atom is -0.461 e. The van der Waals surface area contributed by atoms with Gasteiger partial charge in [0.2, 0.25) is 0 Å². The summed E-state index contributed by atoms with van der Waals surface area (Å²) in [6, 6.07) is 22.0. The van der Waals surface area contributed by atoms with E-state index in [4.69, 9.17) is 9.40 Å². The lowest BCUT2D eigenvalue weighted by atomic mass is 9.82. The summed E-state index contributed by atoms with van der Waals surface area (Å²) in [5.41, 5.74) is 8.45. The van der Waals surface area contributed by atoms with Crippen LogP contribution in [0.15, 0.2) is 71.3 Å². The van der Waals surface area contributed by atoms with E-state index in [2.05, 4.69) is 109 Å². The van der Waals surface area contributed by atoms with E-state index < -0.39 is 0 Å². The Morgan fingerprint density at radius 1 is 0.895 bits per heavy atom. The predicted octanol–water partition coefficient (Wildman–Crippen LogP) is 10.6. The van der Waals surface area contributed by atoms with Gasteiger partial charge in [-0.15, -0.1) is 11.3 Å². The van der Waals surface area contributed by atoms with Crippen LogP contribution in [0.25, 0.3) is 53.5 Å². The maximum Gasteiger partial charge on any atom is 0.135 e. The second-order valence-corrected chi connectivity index (χ2v) is 13.0. The number of hydrogen-bond acceptors (Lipinski definition) is 3. The molecule has 3 heterocycles. The molecule has 0 aliphatic carbocycles. The topological polar surface area (TPSA) is 26.0 Å². The number of aromatic nitrogens is 1. The monoisotopic (exact) mass is 517 g/mol. The van der Waals surface area contributed by atoms with Gasteiger partial charge in [0.05, 0.1) is 10.4 Å². The van der Waals surface area contributed by atoms with Crippen LogP contribution in [0.2, 0.25) is 0 Å². The van der Waals surface area contributed by atoms with E-state index in [-0.39, 0.29) is 5.41 Å². The molecular weight excluding hydrogens is 482 g/mol. The van der Waals surface area contributed by atoms with Crippen LogP contribution in [0.3, 0.4) is 0 Å². The van der Waals surface area contributed by atoms with E-state index >= 15 is 0 Å². The Morgan fingerprint density at radius 3 is 2.45 bits per heavy atom. The Bertz CT molecular complexity index is 1830.